The summed E-state index contributed by atoms with van der Waals surface area (Å²) in [5.41, 5.74) is 0. The number of aliphatic hydroxyl groups is 1. The zero-order valence-corrected chi connectivity index (χ0v) is 31.8. The molecule has 0 rings (SSSR count). The van der Waals surface area contributed by atoms with Crippen LogP contribution >= 0.6 is 0 Å². The molecule has 266 valence electrons. The molecule has 0 amide bonds. The van der Waals surface area contributed by atoms with E-state index in [4.69, 9.17) is 0 Å². The Balaban J connectivity index is 3.68. The van der Waals surface area contributed by atoms with Crippen molar-refractivity contribution < 1.29 is 9.59 Å². The molecule has 0 aromatic carbocycles. The lowest BCUT2D eigenvalue weighted by Crippen LogP contribution is -2.49. The second-order valence-electron chi connectivity index (χ2n) is 15.8. The molecule has 0 heterocycles. The van der Waals surface area contributed by atoms with Crippen molar-refractivity contribution in [1.29, 1.82) is 0 Å². The molecular weight excluding hydrogens is 534 g/mol. The van der Waals surface area contributed by atoms with Crippen LogP contribution in [0.2, 0.25) is 0 Å². The van der Waals surface area contributed by atoms with E-state index in [2.05, 4.69) is 35.0 Å². The molecule has 2 heteroatoms. The second-order valence-corrected chi connectivity index (χ2v) is 15.8. The summed E-state index contributed by atoms with van der Waals surface area (Å²) in [6, 6.07) is 0. The van der Waals surface area contributed by atoms with Gasteiger partial charge in [-0.15, -0.1) is 0 Å². The molecule has 0 aromatic rings. The van der Waals surface area contributed by atoms with E-state index in [1.165, 1.54) is 225 Å². The predicted octanol–water partition coefficient (Wildman–Crippen LogP) is 14.3. The van der Waals surface area contributed by atoms with Crippen molar-refractivity contribution in [2.75, 3.05) is 21.1 Å². The van der Waals surface area contributed by atoms with Crippen LogP contribution in [0.3, 0.4) is 0 Å². The van der Waals surface area contributed by atoms with Gasteiger partial charge in [0.25, 0.3) is 0 Å². The Kier molecular flexibility index (Phi) is 34.2. The lowest BCUT2D eigenvalue weighted by molar-refractivity contribution is -0.923. The number of quaternary nitrogens is 1. The van der Waals surface area contributed by atoms with Gasteiger partial charge >= 0.3 is 0 Å². The summed E-state index contributed by atoms with van der Waals surface area (Å²) in [5, 5.41) is 11.1. The van der Waals surface area contributed by atoms with Crippen LogP contribution in [0.1, 0.15) is 239 Å². The lowest BCUT2D eigenvalue weighted by atomic mass is 9.91. The van der Waals surface area contributed by atoms with Crippen LogP contribution in [-0.4, -0.2) is 37.0 Å². The summed E-state index contributed by atoms with van der Waals surface area (Å²) >= 11 is 0. The highest BCUT2D eigenvalue weighted by Gasteiger charge is 2.29. The Morgan fingerprint density at radius 1 is 0.318 bits per heavy atom. The van der Waals surface area contributed by atoms with E-state index in [1.807, 2.05) is 0 Å². The van der Waals surface area contributed by atoms with Crippen LogP contribution in [0.15, 0.2) is 0 Å². The Morgan fingerprint density at radius 2 is 0.500 bits per heavy atom. The standard InChI is InChI=1S/C42H88NO/c1-6-8-10-12-14-16-18-20-22-24-26-28-30-32-34-36-38-40-41(42(44)43(3,4)5)39-37-35-33-31-29-27-25-23-21-19-17-15-13-11-9-7-2/h41-42,44H,6-40H2,1-5H3/q+1. The van der Waals surface area contributed by atoms with E-state index in [9.17, 15) is 5.11 Å². The van der Waals surface area contributed by atoms with Gasteiger partial charge in [0, 0.05) is 5.92 Å². The molecule has 0 spiro atoms. The maximum absolute atomic E-state index is 11.1. The number of aliphatic hydroxyl groups excluding tert-OH is 1. The summed E-state index contributed by atoms with van der Waals surface area (Å²) in [6.07, 6.45) is 49.3. The van der Waals surface area contributed by atoms with Crippen molar-refractivity contribution in [2.45, 2.75) is 245 Å². The molecule has 44 heavy (non-hydrogen) atoms. The third kappa shape index (κ3) is 31.9. The topological polar surface area (TPSA) is 20.2 Å². The highest BCUT2D eigenvalue weighted by molar-refractivity contribution is 4.64. The minimum Gasteiger partial charge on any atom is -0.345 e. The monoisotopic (exact) mass is 623 g/mol. The van der Waals surface area contributed by atoms with Crippen LogP contribution in [0.4, 0.5) is 0 Å². The number of unbranched alkanes of at least 4 members (excludes halogenated alkanes) is 31. The lowest BCUT2D eigenvalue weighted by Gasteiger charge is -2.35. The van der Waals surface area contributed by atoms with Crippen LogP contribution in [0, 0.1) is 5.92 Å². The molecular formula is C42H88NO+. The van der Waals surface area contributed by atoms with Gasteiger partial charge in [-0.2, -0.15) is 0 Å². The van der Waals surface area contributed by atoms with Crippen molar-refractivity contribution in [3.05, 3.63) is 0 Å². The minimum atomic E-state index is -0.215. The molecule has 2 atom stereocenters. The van der Waals surface area contributed by atoms with E-state index < -0.39 is 0 Å². The van der Waals surface area contributed by atoms with Gasteiger partial charge in [-0.05, 0) is 12.8 Å². The Labute approximate surface area is 280 Å². The molecule has 0 bridgehead atoms. The first-order valence-corrected chi connectivity index (χ1v) is 20.9. The molecule has 1 N–H and O–H groups in total. The van der Waals surface area contributed by atoms with Crippen LogP contribution in [0.5, 0.6) is 0 Å². The summed E-state index contributed by atoms with van der Waals surface area (Å²) in [6.45, 7) is 4.61. The van der Waals surface area contributed by atoms with Crippen LogP contribution in [0.25, 0.3) is 0 Å². The van der Waals surface area contributed by atoms with Gasteiger partial charge in [0.15, 0.2) is 6.23 Å². The van der Waals surface area contributed by atoms with E-state index >= 15 is 0 Å². The van der Waals surface area contributed by atoms with Gasteiger partial charge < -0.3 is 9.59 Å². The number of hydrogen-bond acceptors (Lipinski definition) is 1. The smallest absolute Gasteiger partial charge is 0.192 e. The maximum atomic E-state index is 11.1. The quantitative estimate of drug-likeness (QED) is 0.0415. The zero-order valence-electron chi connectivity index (χ0n) is 31.8. The fourth-order valence-electron chi connectivity index (χ4n) is 7.16. The largest absolute Gasteiger partial charge is 0.345 e. The second kappa shape index (κ2) is 34.3. The molecule has 0 aromatic heterocycles. The molecule has 0 saturated heterocycles. The summed E-state index contributed by atoms with van der Waals surface area (Å²) < 4.78 is 0.683. The fraction of sp³-hybridized carbons (Fsp3) is 1.00. The van der Waals surface area contributed by atoms with Crippen molar-refractivity contribution in [2.24, 2.45) is 5.92 Å². The van der Waals surface area contributed by atoms with Crippen LogP contribution in [-0.2, 0) is 0 Å². The minimum absolute atomic E-state index is 0.215. The summed E-state index contributed by atoms with van der Waals surface area (Å²) in [4.78, 5) is 0. The molecule has 0 saturated carbocycles. The predicted molar refractivity (Wildman–Crippen MR) is 200 cm³/mol. The maximum Gasteiger partial charge on any atom is 0.192 e. The third-order valence-electron chi connectivity index (χ3n) is 10.3. The third-order valence-corrected chi connectivity index (χ3v) is 10.3. The first kappa shape index (κ1) is 43.9. The van der Waals surface area contributed by atoms with Gasteiger partial charge in [-0.3, -0.25) is 0 Å². The van der Waals surface area contributed by atoms with Crippen molar-refractivity contribution in [3.63, 3.8) is 0 Å². The molecule has 0 aliphatic carbocycles. The first-order chi connectivity index (χ1) is 21.4. The van der Waals surface area contributed by atoms with E-state index in [1.54, 1.807) is 0 Å². The van der Waals surface area contributed by atoms with Crippen molar-refractivity contribution in [3.8, 4) is 0 Å². The molecule has 2 unspecified atom stereocenters. The molecule has 0 aliphatic rings. The molecule has 0 fully saturated rings. The number of hydrogen-bond donors (Lipinski definition) is 1. The Morgan fingerprint density at radius 3 is 0.682 bits per heavy atom. The van der Waals surface area contributed by atoms with E-state index in [0.29, 0.717) is 10.4 Å². The number of nitrogens with zero attached hydrogens (tertiary/aromatic N) is 1. The normalized spacial score (nSPS) is 13.5. The Bertz CT molecular complexity index is 526. The van der Waals surface area contributed by atoms with Crippen molar-refractivity contribution >= 4 is 0 Å². The van der Waals surface area contributed by atoms with Gasteiger partial charge in [-0.1, -0.05) is 226 Å². The SMILES string of the molecule is CCCCCCCCCCCCCCCCCCCC(CCCCCCCCCCCCCCCCCC)C(O)[N+](C)(C)C. The van der Waals surface area contributed by atoms with Gasteiger partial charge in [0.2, 0.25) is 0 Å². The fourth-order valence-corrected chi connectivity index (χ4v) is 7.16. The average Bonchev–Trinajstić information content (AvgIpc) is 3.00. The molecule has 0 aliphatic heterocycles. The highest BCUT2D eigenvalue weighted by atomic mass is 16.3. The molecule has 2 nitrogen and oxygen atoms in total. The van der Waals surface area contributed by atoms with Gasteiger partial charge in [0.05, 0.1) is 21.1 Å². The number of rotatable bonds is 37. The van der Waals surface area contributed by atoms with Gasteiger partial charge in [-0.25, -0.2) is 0 Å². The zero-order chi connectivity index (χ0) is 32.4. The van der Waals surface area contributed by atoms with Crippen LogP contribution < -0.4 is 0 Å². The summed E-state index contributed by atoms with van der Waals surface area (Å²) in [5.74, 6) is 0.470. The van der Waals surface area contributed by atoms with E-state index in [-0.39, 0.29) is 6.23 Å². The summed E-state index contributed by atoms with van der Waals surface area (Å²) in [7, 11) is 6.50. The highest BCUT2D eigenvalue weighted by Crippen LogP contribution is 2.26. The van der Waals surface area contributed by atoms with Gasteiger partial charge in [0.1, 0.15) is 0 Å². The Hall–Kier alpha value is -0.0800. The molecule has 0 radical (unpaired) electrons. The average molecular weight is 623 g/mol. The van der Waals surface area contributed by atoms with E-state index in [0.717, 1.165) is 0 Å². The first-order valence-electron chi connectivity index (χ1n) is 20.9. The van der Waals surface area contributed by atoms with Crippen molar-refractivity contribution in [1.82, 2.24) is 0 Å².